The van der Waals surface area contributed by atoms with Crippen LogP contribution < -0.4 is 10.1 Å². The number of hydrogen-bond acceptors (Lipinski definition) is 6. The van der Waals surface area contributed by atoms with Crippen LogP contribution in [0.1, 0.15) is 22.5 Å². The highest BCUT2D eigenvalue weighted by molar-refractivity contribution is 8.02. The van der Waals surface area contributed by atoms with E-state index in [1.54, 1.807) is 41.5 Å². The molecule has 3 aliphatic rings. The molecule has 4 nitrogen and oxygen atoms in total. The fourth-order valence-corrected chi connectivity index (χ4v) is 6.64. The van der Waals surface area contributed by atoms with Gasteiger partial charge in [0.25, 0.3) is 5.91 Å². The molecule has 3 saturated heterocycles. The molecule has 1 N–H and O–H groups in total. The van der Waals surface area contributed by atoms with Crippen LogP contribution in [-0.2, 0) is 0 Å². The van der Waals surface area contributed by atoms with Crippen LogP contribution in [0.25, 0.3) is 0 Å². The van der Waals surface area contributed by atoms with E-state index in [1.165, 1.54) is 30.1 Å². The average Bonchev–Trinajstić information content (AvgIpc) is 3.26. The topological polar surface area (TPSA) is 41.6 Å². The molecule has 5 heterocycles. The predicted molar refractivity (Wildman–Crippen MR) is 99.7 cm³/mol. The molecule has 3 aliphatic heterocycles. The van der Waals surface area contributed by atoms with E-state index >= 15 is 0 Å². The van der Waals surface area contributed by atoms with Gasteiger partial charge in [-0.15, -0.1) is 11.3 Å². The first-order valence-electron chi connectivity index (χ1n) is 8.16. The summed E-state index contributed by atoms with van der Waals surface area (Å²) in [7, 11) is 1.68. The van der Waals surface area contributed by atoms with Gasteiger partial charge in [0, 0.05) is 12.6 Å². The standard InChI is InChI=1S/C17H20N2O2S3/c1-21-14-3-5-16(23-14)24-15-4-2-13(22-15)17(20)18-12-10-19-8-6-11(12)7-9-19/h2-5,11-12H,6-10H2,1H3,(H,18,20)/t12-/m0/s1. The molecule has 1 atom stereocenters. The summed E-state index contributed by atoms with van der Waals surface area (Å²) in [5.74, 6) is 0.737. The zero-order chi connectivity index (χ0) is 16.5. The lowest BCUT2D eigenvalue weighted by Gasteiger charge is -2.44. The van der Waals surface area contributed by atoms with Gasteiger partial charge in [0.2, 0.25) is 0 Å². The van der Waals surface area contributed by atoms with Gasteiger partial charge in [-0.1, -0.05) is 23.1 Å². The summed E-state index contributed by atoms with van der Waals surface area (Å²) in [6.07, 6.45) is 2.44. The molecular formula is C17H20N2O2S3. The van der Waals surface area contributed by atoms with Crippen molar-refractivity contribution in [2.75, 3.05) is 26.7 Å². The fraction of sp³-hybridized carbons (Fsp3) is 0.471. The van der Waals surface area contributed by atoms with E-state index in [0.29, 0.717) is 12.0 Å². The highest BCUT2D eigenvalue weighted by atomic mass is 32.2. The van der Waals surface area contributed by atoms with Gasteiger partial charge in [-0.25, -0.2) is 0 Å². The maximum absolute atomic E-state index is 12.6. The minimum absolute atomic E-state index is 0.0781. The van der Waals surface area contributed by atoms with Crippen molar-refractivity contribution in [3.05, 3.63) is 29.1 Å². The molecule has 2 aromatic rings. The maximum atomic E-state index is 12.6. The first-order chi connectivity index (χ1) is 11.7. The first kappa shape index (κ1) is 16.4. The molecule has 0 saturated carbocycles. The highest BCUT2D eigenvalue weighted by Crippen LogP contribution is 2.39. The van der Waals surface area contributed by atoms with Gasteiger partial charge >= 0.3 is 0 Å². The van der Waals surface area contributed by atoms with Gasteiger partial charge in [0.1, 0.15) is 0 Å². The van der Waals surface area contributed by atoms with Crippen molar-refractivity contribution in [2.24, 2.45) is 5.92 Å². The van der Waals surface area contributed by atoms with E-state index in [4.69, 9.17) is 4.74 Å². The minimum Gasteiger partial charge on any atom is -0.487 e. The number of nitrogens with one attached hydrogen (secondary N) is 1. The number of hydrogen-bond donors (Lipinski definition) is 1. The van der Waals surface area contributed by atoms with Gasteiger partial charge in [0.15, 0.2) is 5.06 Å². The molecule has 0 unspecified atom stereocenters. The lowest BCUT2D eigenvalue weighted by Crippen LogP contribution is -2.57. The number of piperidine rings is 3. The molecule has 3 fully saturated rings. The molecule has 5 rings (SSSR count). The zero-order valence-electron chi connectivity index (χ0n) is 13.5. The largest absolute Gasteiger partial charge is 0.487 e. The predicted octanol–water partition coefficient (Wildman–Crippen LogP) is 3.79. The fourth-order valence-electron chi connectivity index (χ4n) is 3.43. The first-order valence-corrected chi connectivity index (χ1v) is 10.6. The number of carbonyl (C=O) groups is 1. The number of amides is 1. The van der Waals surface area contributed by atoms with Gasteiger partial charge in [0.05, 0.1) is 20.4 Å². The third-order valence-electron chi connectivity index (χ3n) is 4.74. The zero-order valence-corrected chi connectivity index (χ0v) is 15.9. The Labute approximate surface area is 154 Å². The van der Waals surface area contributed by atoms with Crippen molar-refractivity contribution in [1.82, 2.24) is 10.2 Å². The van der Waals surface area contributed by atoms with E-state index in [1.807, 2.05) is 18.2 Å². The minimum atomic E-state index is 0.0781. The summed E-state index contributed by atoms with van der Waals surface area (Å²) < 4.78 is 7.54. The second-order valence-electron chi connectivity index (χ2n) is 6.22. The van der Waals surface area contributed by atoms with Crippen molar-refractivity contribution in [2.45, 2.75) is 27.3 Å². The summed E-state index contributed by atoms with van der Waals surface area (Å²) in [6.45, 7) is 3.40. The van der Waals surface area contributed by atoms with Crippen molar-refractivity contribution in [3.8, 4) is 5.06 Å². The average molecular weight is 381 g/mol. The Morgan fingerprint density at radius 1 is 1.21 bits per heavy atom. The lowest BCUT2D eigenvalue weighted by atomic mass is 9.84. The quantitative estimate of drug-likeness (QED) is 0.857. The number of thiophene rings is 2. The second kappa shape index (κ2) is 7.07. The molecule has 7 heteroatoms. The monoisotopic (exact) mass is 380 g/mol. The van der Waals surface area contributed by atoms with Crippen molar-refractivity contribution < 1.29 is 9.53 Å². The van der Waals surface area contributed by atoms with E-state index in [0.717, 1.165) is 20.7 Å². The van der Waals surface area contributed by atoms with Crippen LogP contribution in [0.3, 0.4) is 0 Å². The van der Waals surface area contributed by atoms with Crippen LogP contribution in [0, 0.1) is 5.92 Å². The van der Waals surface area contributed by atoms with Crippen molar-refractivity contribution in [3.63, 3.8) is 0 Å². The van der Waals surface area contributed by atoms with Crippen LogP contribution in [0.4, 0.5) is 0 Å². The van der Waals surface area contributed by atoms with E-state index < -0.39 is 0 Å². The second-order valence-corrected chi connectivity index (χ2v) is 9.95. The molecule has 0 radical (unpaired) electrons. The molecule has 2 bridgehead atoms. The molecule has 128 valence electrons. The number of methoxy groups -OCH3 is 1. The maximum Gasteiger partial charge on any atom is 0.261 e. The van der Waals surface area contributed by atoms with E-state index in [9.17, 15) is 4.79 Å². The SMILES string of the molecule is COc1ccc(Sc2ccc(C(=O)N[C@H]3CN4CCC3CC4)s2)s1. The Morgan fingerprint density at radius 2 is 1.96 bits per heavy atom. The van der Waals surface area contributed by atoms with Gasteiger partial charge in [-0.2, -0.15) is 0 Å². The summed E-state index contributed by atoms with van der Waals surface area (Å²) in [6, 6.07) is 8.32. The van der Waals surface area contributed by atoms with Crippen LogP contribution in [-0.4, -0.2) is 43.6 Å². The van der Waals surface area contributed by atoms with E-state index in [-0.39, 0.29) is 5.91 Å². The van der Waals surface area contributed by atoms with Crippen molar-refractivity contribution in [1.29, 1.82) is 0 Å². The third-order valence-corrected chi connectivity index (χ3v) is 8.13. The molecule has 0 aliphatic carbocycles. The Kier molecular flexibility index (Phi) is 4.85. The highest BCUT2D eigenvalue weighted by Gasteiger charge is 2.35. The number of fused-ring (bicyclic) bond motifs is 3. The van der Waals surface area contributed by atoms with Gasteiger partial charge < -0.3 is 15.0 Å². The Hall–Kier alpha value is -1.02. The summed E-state index contributed by atoms with van der Waals surface area (Å²) in [5, 5.41) is 4.17. The molecule has 0 spiro atoms. The van der Waals surface area contributed by atoms with E-state index in [2.05, 4.69) is 16.3 Å². The Balaban J connectivity index is 1.38. The number of ether oxygens (including phenoxy) is 1. The summed E-state index contributed by atoms with van der Waals surface area (Å²) >= 11 is 4.88. The number of nitrogens with zero attached hydrogens (tertiary/aromatic N) is 1. The van der Waals surface area contributed by atoms with Crippen molar-refractivity contribution >= 4 is 40.3 Å². The molecule has 2 aromatic heterocycles. The van der Waals surface area contributed by atoms with Crippen LogP contribution in [0.5, 0.6) is 5.06 Å². The summed E-state index contributed by atoms with van der Waals surface area (Å²) in [4.78, 5) is 15.8. The molecule has 0 aromatic carbocycles. The lowest BCUT2D eigenvalue weighted by molar-refractivity contribution is 0.0622. The van der Waals surface area contributed by atoms with Gasteiger partial charge in [-0.3, -0.25) is 4.79 Å². The Morgan fingerprint density at radius 3 is 2.62 bits per heavy atom. The van der Waals surface area contributed by atoms with Crippen LogP contribution in [0.2, 0.25) is 0 Å². The Bertz CT molecular complexity index is 719. The number of carbonyl (C=O) groups excluding carboxylic acids is 1. The smallest absolute Gasteiger partial charge is 0.261 e. The van der Waals surface area contributed by atoms with Crippen LogP contribution in [0.15, 0.2) is 32.7 Å². The molecular weight excluding hydrogens is 360 g/mol. The normalized spacial score (nSPS) is 25.6. The third kappa shape index (κ3) is 3.49. The van der Waals surface area contributed by atoms with Crippen LogP contribution >= 0.6 is 34.4 Å². The molecule has 24 heavy (non-hydrogen) atoms. The number of rotatable bonds is 5. The van der Waals surface area contributed by atoms with Gasteiger partial charge in [-0.05, 0) is 56.1 Å². The summed E-state index contributed by atoms with van der Waals surface area (Å²) in [5.41, 5.74) is 0. The molecule has 1 amide bonds.